The van der Waals surface area contributed by atoms with Gasteiger partial charge in [-0.25, -0.2) is 0 Å². The van der Waals surface area contributed by atoms with Gasteiger partial charge in [0.25, 0.3) is 0 Å². The third kappa shape index (κ3) is 3.41. The van der Waals surface area contributed by atoms with Crippen molar-refractivity contribution >= 4 is 17.7 Å². The van der Waals surface area contributed by atoms with Gasteiger partial charge in [-0.3, -0.25) is 4.79 Å². The molecule has 1 amide bonds. The van der Waals surface area contributed by atoms with Crippen molar-refractivity contribution in [2.24, 2.45) is 5.41 Å². The molecule has 1 fully saturated rings. The summed E-state index contributed by atoms with van der Waals surface area (Å²) < 4.78 is 0. The number of carbonyl (C=O) groups excluding carboxylic acids is 1. The fourth-order valence-corrected chi connectivity index (χ4v) is 3.70. The van der Waals surface area contributed by atoms with Crippen LogP contribution in [-0.2, 0) is 4.79 Å². The van der Waals surface area contributed by atoms with E-state index in [-0.39, 0.29) is 5.41 Å². The second-order valence-electron chi connectivity index (χ2n) is 5.32. The van der Waals surface area contributed by atoms with Crippen LogP contribution in [0.4, 0.5) is 0 Å². The standard InChI is InChI=1S/C14H28N2OS/c1-5-12(11-18-4)16(3)13(17)14(6-2)7-9-15-10-8-14/h12,15H,5-11H2,1-4H3. The summed E-state index contributed by atoms with van der Waals surface area (Å²) in [6.45, 7) is 6.29. The summed E-state index contributed by atoms with van der Waals surface area (Å²) in [5, 5.41) is 3.36. The molecular weight excluding hydrogens is 244 g/mol. The highest BCUT2D eigenvalue weighted by Gasteiger charge is 2.40. The van der Waals surface area contributed by atoms with E-state index in [2.05, 4.69) is 25.4 Å². The summed E-state index contributed by atoms with van der Waals surface area (Å²) in [5.41, 5.74) is -0.105. The Morgan fingerprint density at radius 1 is 1.39 bits per heavy atom. The molecule has 0 aliphatic carbocycles. The molecule has 1 aliphatic rings. The maximum atomic E-state index is 12.8. The molecule has 3 nitrogen and oxygen atoms in total. The van der Waals surface area contributed by atoms with Crippen LogP contribution in [0.5, 0.6) is 0 Å². The number of nitrogens with zero attached hydrogens (tertiary/aromatic N) is 1. The van der Waals surface area contributed by atoms with Crippen LogP contribution < -0.4 is 5.32 Å². The van der Waals surface area contributed by atoms with E-state index in [1.807, 2.05) is 23.7 Å². The molecular formula is C14H28N2OS. The predicted octanol–water partition coefficient (Wildman–Crippen LogP) is 2.37. The number of piperidine rings is 1. The Kier molecular flexibility index (Phi) is 6.50. The molecule has 1 saturated heterocycles. The molecule has 0 radical (unpaired) electrons. The quantitative estimate of drug-likeness (QED) is 0.805. The van der Waals surface area contributed by atoms with E-state index in [9.17, 15) is 4.79 Å². The van der Waals surface area contributed by atoms with Gasteiger partial charge in [0.15, 0.2) is 0 Å². The Morgan fingerprint density at radius 3 is 2.44 bits per heavy atom. The monoisotopic (exact) mass is 272 g/mol. The summed E-state index contributed by atoms with van der Waals surface area (Å²) in [5.74, 6) is 1.41. The lowest BCUT2D eigenvalue weighted by Gasteiger charge is -2.40. The number of rotatable bonds is 6. The smallest absolute Gasteiger partial charge is 0.228 e. The Morgan fingerprint density at radius 2 is 2.00 bits per heavy atom. The van der Waals surface area contributed by atoms with Crippen molar-refractivity contribution in [1.29, 1.82) is 0 Å². The molecule has 106 valence electrons. The first-order valence-electron chi connectivity index (χ1n) is 7.08. The van der Waals surface area contributed by atoms with Crippen LogP contribution >= 0.6 is 11.8 Å². The van der Waals surface area contributed by atoms with Crippen LogP contribution in [0.3, 0.4) is 0 Å². The van der Waals surface area contributed by atoms with Gasteiger partial charge in [-0.2, -0.15) is 11.8 Å². The minimum atomic E-state index is -0.105. The largest absolute Gasteiger partial charge is 0.341 e. The Labute approximate surface area is 116 Å². The van der Waals surface area contributed by atoms with Gasteiger partial charge in [0.2, 0.25) is 5.91 Å². The van der Waals surface area contributed by atoms with Crippen molar-refractivity contribution in [2.45, 2.75) is 45.6 Å². The normalized spacial score (nSPS) is 20.4. The van der Waals surface area contributed by atoms with E-state index in [1.165, 1.54) is 0 Å². The number of thioether (sulfide) groups is 1. The lowest BCUT2D eigenvalue weighted by Crippen LogP contribution is -2.51. The zero-order valence-electron chi connectivity index (χ0n) is 12.3. The van der Waals surface area contributed by atoms with Gasteiger partial charge in [-0.15, -0.1) is 0 Å². The summed E-state index contributed by atoms with van der Waals surface area (Å²) in [4.78, 5) is 14.8. The van der Waals surface area contributed by atoms with Crippen LogP contribution in [0.15, 0.2) is 0 Å². The van der Waals surface area contributed by atoms with Crippen LogP contribution in [-0.4, -0.2) is 49.0 Å². The van der Waals surface area contributed by atoms with E-state index < -0.39 is 0 Å². The molecule has 0 spiro atoms. The topological polar surface area (TPSA) is 32.3 Å². The van der Waals surface area contributed by atoms with Crippen molar-refractivity contribution in [3.05, 3.63) is 0 Å². The first kappa shape index (κ1) is 15.8. The number of carbonyl (C=O) groups is 1. The summed E-state index contributed by atoms with van der Waals surface area (Å²) in [7, 11) is 1.99. The lowest BCUT2D eigenvalue weighted by molar-refractivity contribution is -0.144. The molecule has 4 heteroatoms. The molecule has 1 heterocycles. The fraction of sp³-hybridized carbons (Fsp3) is 0.929. The minimum absolute atomic E-state index is 0.105. The molecule has 0 bridgehead atoms. The van der Waals surface area contributed by atoms with Crippen molar-refractivity contribution in [3.8, 4) is 0 Å². The van der Waals surface area contributed by atoms with Crippen molar-refractivity contribution in [2.75, 3.05) is 32.1 Å². The van der Waals surface area contributed by atoms with E-state index in [4.69, 9.17) is 0 Å². The summed E-state index contributed by atoms with van der Waals surface area (Å²) in [6, 6.07) is 0.380. The Balaban J connectivity index is 2.75. The van der Waals surface area contributed by atoms with Crippen LogP contribution in [0.2, 0.25) is 0 Å². The summed E-state index contributed by atoms with van der Waals surface area (Å²) in [6.07, 6.45) is 6.10. The molecule has 0 aromatic carbocycles. The molecule has 0 aromatic heterocycles. The van der Waals surface area contributed by atoms with Crippen molar-refractivity contribution in [3.63, 3.8) is 0 Å². The number of hydrogen-bond acceptors (Lipinski definition) is 3. The van der Waals surface area contributed by atoms with Crippen molar-refractivity contribution < 1.29 is 4.79 Å². The van der Waals surface area contributed by atoms with Crippen molar-refractivity contribution in [1.82, 2.24) is 10.2 Å². The molecule has 18 heavy (non-hydrogen) atoms. The molecule has 0 saturated carbocycles. The average Bonchev–Trinajstić information content (AvgIpc) is 2.43. The molecule has 1 N–H and O–H groups in total. The number of nitrogens with one attached hydrogen (secondary N) is 1. The van der Waals surface area contributed by atoms with Gasteiger partial charge in [0, 0.05) is 18.8 Å². The highest BCUT2D eigenvalue weighted by atomic mass is 32.2. The lowest BCUT2D eigenvalue weighted by atomic mass is 9.75. The van der Waals surface area contributed by atoms with Crippen LogP contribution in [0.1, 0.15) is 39.5 Å². The van der Waals surface area contributed by atoms with Gasteiger partial charge >= 0.3 is 0 Å². The molecule has 1 aliphatic heterocycles. The minimum Gasteiger partial charge on any atom is -0.341 e. The summed E-state index contributed by atoms with van der Waals surface area (Å²) >= 11 is 1.83. The Bertz CT molecular complexity index is 265. The van der Waals surface area contributed by atoms with E-state index >= 15 is 0 Å². The second-order valence-corrected chi connectivity index (χ2v) is 6.23. The number of hydrogen-bond donors (Lipinski definition) is 1. The molecule has 1 unspecified atom stereocenters. The number of amides is 1. The SMILES string of the molecule is CCC(CSC)N(C)C(=O)C1(CC)CCNCC1. The molecule has 1 atom stereocenters. The first-order valence-corrected chi connectivity index (χ1v) is 8.47. The Hall–Kier alpha value is -0.220. The van der Waals surface area contributed by atoms with E-state index in [1.54, 1.807) is 0 Å². The first-order chi connectivity index (χ1) is 8.61. The maximum Gasteiger partial charge on any atom is 0.228 e. The molecule has 1 rings (SSSR count). The fourth-order valence-electron chi connectivity index (χ4n) is 2.86. The maximum absolute atomic E-state index is 12.8. The zero-order valence-corrected chi connectivity index (χ0v) is 13.1. The highest BCUT2D eigenvalue weighted by molar-refractivity contribution is 7.98. The van der Waals surface area contributed by atoms with Gasteiger partial charge < -0.3 is 10.2 Å². The average molecular weight is 272 g/mol. The highest BCUT2D eigenvalue weighted by Crippen LogP contribution is 2.35. The van der Waals surface area contributed by atoms with E-state index in [0.717, 1.165) is 44.5 Å². The second kappa shape index (κ2) is 7.39. The molecule has 0 aromatic rings. The van der Waals surface area contributed by atoms with Gasteiger partial charge in [0.1, 0.15) is 0 Å². The van der Waals surface area contributed by atoms with Crippen LogP contribution in [0, 0.1) is 5.41 Å². The van der Waals surface area contributed by atoms with Gasteiger partial charge in [-0.1, -0.05) is 13.8 Å². The van der Waals surface area contributed by atoms with E-state index in [0.29, 0.717) is 11.9 Å². The van der Waals surface area contributed by atoms with Crippen LogP contribution in [0.25, 0.3) is 0 Å². The zero-order chi connectivity index (χ0) is 13.6. The predicted molar refractivity (Wildman–Crippen MR) is 80.1 cm³/mol. The third-order valence-electron chi connectivity index (χ3n) is 4.39. The van der Waals surface area contributed by atoms with Gasteiger partial charge in [0.05, 0.1) is 5.41 Å². The van der Waals surface area contributed by atoms with Gasteiger partial charge in [-0.05, 0) is 45.0 Å². The third-order valence-corrected chi connectivity index (χ3v) is 5.11.